The summed E-state index contributed by atoms with van der Waals surface area (Å²) in [6, 6.07) is 0.126. The quantitative estimate of drug-likeness (QED) is 0.926. The van der Waals surface area contributed by atoms with Crippen molar-refractivity contribution in [2.24, 2.45) is 0 Å². The number of hydrogen-bond donors (Lipinski definition) is 1. The molecule has 1 amide bonds. The maximum absolute atomic E-state index is 11.9. The average Bonchev–Trinajstić information content (AvgIpc) is 2.88. The average molecular weight is 286 g/mol. The molecule has 0 aliphatic heterocycles. The van der Waals surface area contributed by atoms with Crippen LogP contribution in [0.2, 0.25) is 0 Å². The van der Waals surface area contributed by atoms with Gasteiger partial charge in [0.05, 0.1) is 10.7 Å². The highest BCUT2D eigenvalue weighted by molar-refractivity contribution is 9.10. The highest BCUT2D eigenvalue weighted by Gasteiger charge is 2.21. The van der Waals surface area contributed by atoms with Gasteiger partial charge in [-0.25, -0.2) is 0 Å². The first-order valence-corrected chi connectivity index (χ1v) is 6.46. The fourth-order valence-electron chi connectivity index (χ4n) is 2.04. The van der Waals surface area contributed by atoms with Gasteiger partial charge in [0.2, 0.25) is 5.91 Å². The van der Waals surface area contributed by atoms with Crippen molar-refractivity contribution < 1.29 is 4.79 Å². The van der Waals surface area contributed by atoms with Crippen LogP contribution in [0.3, 0.4) is 0 Å². The Hall–Kier alpha value is -0.840. The Labute approximate surface area is 104 Å². The van der Waals surface area contributed by atoms with Crippen molar-refractivity contribution in [3.63, 3.8) is 0 Å². The second-order valence-corrected chi connectivity index (χ2v) is 5.22. The zero-order valence-corrected chi connectivity index (χ0v) is 10.9. The summed E-state index contributed by atoms with van der Waals surface area (Å²) in [6.45, 7) is 1.86. The summed E-state index contributed by atoms with van der Waals surface area (Å²) in [5, 5.41) is 7.19. The first-order valence-electron chi connectivity index (χ1n) is 5.67. The molecule has 1 saturated carbocycles. The van der Waals surface area contributed by atoms with Crippen LogP contribution < -0.4 is 5.32 Å². The Morgan fingerprint density at radius 3 is 2.88 bits per heavy atom. The molecule has 4 nitrogen and oxygen atoms in total. The molecule has 5 heteroatoms. The summed E-state index contributed by atoms with van der Waals surface area (Å²) >= 11 is 3.32. The molecule has 88 valence electrons. The molecule has 1 heterocycles. The van der Waals surface area contributed by atoms with Crippen molar-refractivity contribution in [1.29, 1.82) is 0 Å². The molecular weight excluding hydrogens is 270 g/mol. The van der Waals surface area contributed by atoms with E-state index in [0.29, 0.717) is 6.04 Å². The fraction of sp³-hybridized carbons (Fsp3) is 0.636. The molecule has 0 bridgehead atoms. The van der Waals surface area contributed by atoms with E-state index in [1.54, 1.807) is 10.9 Å². The van der Waals surface area contributed by atoms with Gasteiger partial charge in [0.15, 0.2) is 0 Å². The number of halogens is 1. The van der Waals surface area contributed by atoms with E-state index in [-0.39, 0.29) is 11.9 Å². The monoisotopic (exact) mass is 285 g/mol. The summed E-state index contributed by atoms with van der Waals surface area (Å²) in [7, 11) is 0. The Kier molecular flexibility index (Phi) is 3.63. The van der Waals surface area contributed by atoms with E-state index in [2.05, 4.69) is 26.3 Å². The van der Waals surface area contributed by atoms with E-state index in [1.807, 2.05) is 13.1 Å². The lowest BCUT2D eigenvalue weighted by Crippen LogP contribution is -2.37. The normalized spacial score (nSPS) is 18.6. The number of nitrogens with zero attached hydrogens (tertiary/aromatic N) is 2. The predicted molar refractivity (Wildman–Crippen MR) is 65.0 cm³/mol. The molecule has 0 saturated heterocycles. The van der Waals surface area contributed by atoms with Gasteiger partial charge < -0.3 is 5.32 Å². The second-order valence-electron chi connectivity index (χ2n) is 4.30. The van der Waals surface area contributed by atoms with Crippen molar-refractivity contribution in [3.8, 4) is 0 Å². The number of rotatable bonds is 3. The number of amides is 1. The molecule has 0 unspecified atom stereocenters. The number of aromatic nitrogens is 2. The lowest BCUT2D eigenvalue weighted by molar-refractivity contribution is -0.124. The topological polar surface area (TPSA) is 46.9 Å². The number of carbonyl (C=O) groups excluding carboxylic acids is 1. The van der Waals surface area contributed by atoms with Crippen LogP contribution in [0.1, 0.15) is 38.6 Å². The zero-order chi connectivity index (χ0) is 11.5. The summed E-state index contributed by atoms with van der Waals surface area (Å²) < 4.78 is 2.57. The van der Waals surface area contributed by atoms with Crippen molar-refractivity contribution in [1.82, 2.24) is 15.1 Å². The van der Waals surface area contributed by atoms with E-state index < -0.39 is 0 Å². The van der Waals surface area contributed by atoms with E-state index in [4.69, 9.17) is 0 Å². The van der Waals surface area contributed by atoms with Gasteiger partial charge in [-0.05, 0) is 35.7 Å². The SMILES string of the molecule is C[C@H](C(=O)NC1CCCC1)n1cc(Br)cn1. The minimum absolute atomic E-state index is 0.0579. The molecule has 0 aromatic carbocycles. The van der Waals surface area contributed by atoms with Gasteiger partial charge in [-0.1, -0.05) is 12.8 Å². The van der Waals surface area contributed by atoms with Crippen molar-refractivity contribution in [2.45, 2.75) is 44.7 Å². The summed E-state index contributed by atoms with van der Waals surface area (Å²) in [4.78, 5) is 11.9. The van der Waals surface area contributed by atoms with Crippen LogP contribution in [0.15, 0.2) is 16.9 Å². The van der Waals surface area contributed by atoms with Crippen LogP contribution in [-0.4, -0.2) is 21.7 Å². The molecule has 1 aliphatic rings. The van der Waals surface area contributed by atoms with E-state index >= 15 is 0 Å². The van der Waals surface area contributed by atoms with Crippen molar-refractivity contribution in [2.75, 3.05) is 0 Å². The van der Waals surface area contributed by atoms with Crippen LogP contribution in [-0.2, 0) is 4.79 Å². The van der Waals surface area contributed by atoms with Gasteiger partial charge in [0.25, 0.3) is 0 Å². The van der Waals surface area contributed by atoms with E-state index in [1.165, 1.54) is 12.8 Å². The van der Waals surface area contributed by atoms with Gasteiger partial charge in [0.1, 0.15) is 6.04 Å². The Bertz CT molecular complexity index is 371. The zero-order valence-electron chi connectivity index (χ0n) is 9.32. The van der Waals surface area contributed by atoms with Crippen LogP contribution in [0, 0.1) is 0 Å². The minimum Gasteiger partial charge on any atom is -0.352 e. The van der Waals surface area contributed by atoms with E-state index in [0.717, 1.165) is 17.3 Å². The molecule has 1 N–H and O–H groups in total. The third-order valence-electron chi connectivity index (χ3n) is 3.05. The first kappa shape index (κ1) is 11.6. The largest absolute Gasteiger partial charge is 0.352 e. The molecule has 1 aromatic rings. The standard InChI is InChI=1S/C11H16BrN3O/c1-8(15-7-9(12)6-13-15)11(16)14-10-4-2-3-5-10/h6-8,10H,2-5H2,1H3,(H,14,16)/t8-/m1/s1. The smallest absolute Gasteiger partial charge is 0.244 e. The molecule has 2 rings (SSSR count). The minimum atomic E-state index is -0.244. The third kappa shape index (κ3) is 2.64. The maximum Gasteiger partial charge on any atom is 0.244 e. The van der Waals surface area contributed by atoms with Gasteiger partial charge in [0, 0.05) is 12.2 Å². The van der Waals surface area contributed by atoms with Gasteiger partial charge in [-0.3, -0.25) is 9.48 Å². The number of nitrogens with one attached hydrogen (secondary N) is 1. The molecule has 16 heavy (non-hydrogen) atoms. The highest BCUT2D eigenvalue weighted by atomic mass is 79.9. The summed E-state index contributed by atoms with van der Waals surface area (Å²) in [6.07, 6.45) is 8.19. The first-order chi connectivity index (χ1) is 7.66. The predicted octanol–water partition coefficient (Wildman–Crippen LogP) is 2.27. The van der Waals surface area contributed by atoms with Crippen molar-refractivity contribution >= 4 is 21.8 Å². The molecule has 0 spiro atoms. The molecule has 1 fully saturated rings. The number of hydrogen-bond acceptors (Lipinski definition) is 2. The second kappa shape index (κ2) is 4.99. The third-order valence-corrected chi connectivity index (χ3v) is 3.46. The van der Waals surface area contributed by atoms with Crippen LogP contribution in [0.4, 0.5) is 0 Å². The van der Waals surface area contributed by atoms with Crippen LogP contribution in [0.25, 0.3) is 0 Å². The Morgan fingerprint density at radius 2 is 2.31 bits per heavy atom. The van der Waals surface area contributed by atoms with E-state index in [9.17, 15) is 4.79 Å². The highest BCUT2D eigenvalue weighted by Crippen LogP contribution is 2.19. The van der Waals surface area contributed by atoms with Gasteiger partial charge >= 0.3 is 0 Å². The summed E-state index contributed by atoms with van der Waals surface area (Å²) in [5.41, 5.74) is 0. The lowest BCUT2D eigenvalue weighted by atomic mass is 10.2. The maximum atomic E-state index is 11.9. The van der Waals surface area contributed by atoms with Crippen LogP contribution >= 0.6 is 15.9 Å². The fourth-order valence-corrected chi connectivity index (χ4v) is 2.34. The van der Waals surface area contributed by atoms with Gasteiger partial charge in [-0.15, -0.1) is 0 Å². The van der Waals surface area contributed by atoms with Crippen LogP contribution in [0.5, 0.6) is 0 Å². The summed E-state index contributed by atoms with van der Waals surface area (Å²) in [5.74, 6) is 0.0579. The molecule has 1 aromatic heterocycles. The van der Waals surface area contributed by atoms with Crippen molar-refractivity contribution in [3.05, 3.63) is 16.9 Å². The molecule has 1 aliphatic carbocycles. The molecule has 0 radical (unpaired) electrons. The Morgan fingerprint density at radius 1 is 1.62 bits per heavy atom. The van der Waals surface area contributed by atoms with Gasteiger partial charge in [-0.2, -0.15) is 5.10 Å². The lowest BCUT2D eigenvalue weighted by Gasteiger charge is -2.16. The Balaban J connectivity index is 1.93. The molecular formula is C11H16BrN3O. The number of carbonyl (C=O) groups is 1. The molecule has 1 atom stereocenters.